The number of nitriles is 1. The Bertz CT molecular complexity index is 1460. The number of likely N-dealkylation sites (tertiary alicyclic amines) is 1. The third kappa shape index (κ3) is 4.82. The van der Waals surface area contributed by atoms with Gasteiger partial charge >= 0.3 is 0 Å². The van der Waals surface area contributed by atoms with Crippen molar-refractivity contribution in [3.63, 3.8) is 0 Å². The molecule has 2 aliphatic carbocycles. The topological polar surface area (TPSA) is 115 Å². The molecule has 0 bridgehead atoms. The maximum Gasteiger partial charge on any atom is 0.216 e. The number of nitrogens with two attached hydrogens (primary N) is 1. The first-order valence-electron chi connectivity index (χ1n) is 15.9. The summed E-state index contributed by atoms with van der Waals surface area (Å²) in [5.41, 5.74) is 9.58. The lowest BCUT2D eigenvalue weighted by molar-refractivity contribution is -0.0406. The fourth-order valence-electron chi connectivity index (χ4n) is 8.26. The predicted molar refractivity (Wildman–Crippen MR) is 170 cm³/mol. The van der Waals surface area contributed by atoms with Gasteiger partial charge in [0.2, 0.25) is 12.1 Å². The van der Waals surface area contributed by atoms with Crippen LogP contribution in [0.5, 0.6) is 5.88 Å². The van der Waals surface area contributed by atoms with Gasteiger partial charge in [-0.05, 0) is 90.4 Å². The summed E-state index contributed by atoms with van der Waals surface area (Å²) in [6.07, 6.45) is 8.54. The molecule has 5 aliphatic rings. The molecule has 11 heteroatoms. The number of pyridine rings is 1. The molecule has 0 amide bonds. The Labute approximate surface area is 258 Å². The number of nitrogen functional groups attached to an aromatic ring is 1. The zero-order valence-corrected chi connectivity index (χ0v) is 26.7. The molecule has 2 aromatic rings. The Morgan fingerprint density at radius 1 is 1.21 bits per heavy atom. The summed E-state index contributed by atoms with van der Waals surface area (Å²) in [5.74, 6) is 1.32. The number of aromatic nitrogens is 1. The highest BCUT2D eigenvalue weighted by Crippen LogP contribution is 2.49. The second-order valence-corrected chi connectivity index (χ2v) is 14.7. The Kier molecular flexibility index (Phi) is 7.22. The second kappa shape index (κ2) is 10.8. The van der Waals surface area contributed by atoms with Crippen LogP contribution in [-0.2, 0) is 16.7 Å². The molecule has 4 atom stereocenters. The largest absolute Gasteiger partial charge is 0.473 e. The standard InChI is InChI=1S/C32H44N8O2S/c1-20(24-8-6-14-38(24)3)41-26-17-21(40-15-13-35-32(19-40)11-7-12-32)16-23(36-26)29-37-42-30(39(29)4)31(2)10-5-9-25-27(31)22(18-33)28(34)43-25/h16-17,20,24,30,35H,5-15,19,34H2,1-4H3/t20-,24-,30?,31-/m0/s1. The monoisotopic (exact) mass is 604 g/mol. The summed E-state index contributed by atoms with van der Waals surface area (Å²) in [6, 6.07) is 7.02. The van der Waals surface area contributed by atoms with Crippen molar-refractivity contribution >= 4 is 27.9 Å². The molecule has 5 heterocycles. The average Bonchev–Trinajstić information content (AvgIpc) is 3.68. The summed E-state index contributed by atoms with van der Waals surface area (Å²) >= 11 is 1.54. The van der Waals surface area contributed by atoms with E-state index in [1.165, 1.54) is 30.6 Å². The quantitative estimate of drug-likeness (QED) is 0.504. The van der Waals surface area contributed by atoms with Crippen LogP contribution in [0.15, 0.2) is 17.3 Å². The summed E-state index contributed by atoms with van der Waals surface area (Å²) in [5, 5.41) is 19.0. The Balaban J connectivity index is 1.21. The van der Waals surface area contributed by atoms with E-state index in [0.29, 0.717) is 28.3 Å². The molecular weight excluding hydrogens is 560 g/mol. The number of piperazine rings is 1. The molecule has 7 rings (SSSR count). The number of ether oxygens (including phenoxy) is 1. The van der Waals surface area contributed by atoms with Gasteiger partial charge in [0.25, 0.3) is 0 Å². The molecule has 2 aromatic heterocycles. The van der Waals surface area contributed by atoms with Gasteiger partial charge < -0.3 is 30.4 Å². The van der Waals surface area contributed by atoms with Gasteiger partial charge in [-0.15, -0.1) is 11.3 Å². The van der Waals surface area contributed by atoms with Crippen LogP contribution in [0.4, 0.5) is 10.7 Å². The fourth-order valence-corrected chi connectivity index (χ4v) is 9.46. The van der Waals surface area contributed by atoms with Crippen LogP contribution < -0.4 is 20.7 Å². The van der Waals surface area contributed by atoms with Crippen molar-refractivity contribution in [1.82, 2.24) is 20.1 Å². The first kappa shape index (κ1) is 28.7. The van der Waals surface area contributed by atoms with E-state index in [0.717, 1.165) is 68.8 Å². The van der Waals surface area contributed by atoms with Gasteiger partial charge in [-0.2, -0.15) is 5.26 Å². The number of anilines is 2. The smallest absolute Gasteiger partial charge is 0.216 e. The van der Waals surface area contributed by atoms with Crippen LogP contribution in [0.1, 0.15) is 80.5 Å². The van der Waals surface area contributed by atoms with E-state index >= 15 is 0 Å². The molecule has 1 saturated carbocycles. The summed E-state index contributed by atoms with van der Waals surface area (Å²) in [6.45, 7) is 8.33. The van der Waals surface area contributed by atoms with Crippen LogP contribution in [0, 0.1) is 11.3 Å². The number of fused-ring (bicyclic) bond motifs is 1. The number of nitrogens with one attached hydrogen (secondary N) is 1. The third-order valence-electron chi connectivity index (χ3n) is 10.8. The minimum Gasteiger partial charge on any atom is -0.473 e. The van der Waals surface area contributed by atoms with Crippen molar-refractivity contribution in [2.75, 3.05) is 50.9 Å². The predicted octanol–water partition coefficient (Wildman–Crippen LogP) is 4.03. The van der Waals surface area contributed by atoms with Crippen molar-refractivity contribution in [2.45, 2.75) is 94.5 Å². The lowest BCUT2D eigenvalue weighted by atomic mass is 9.71. The van der Waals surface area contributed by atoms with E-state index in [4.69, 9.17) is 20.3 Å². The van der Waals surface area contributed by atoms with Crippen molar-refractivity contribution < 1.29 is 9.57 Å². The molecule has 1 unspecified atom stereocenters. The lowest BCUT2D eigenvalue weighted by Crippen LogP contribution is -2.64. The average molecular weight is 605 g/mol. The maximum absolute atomic E-state index is 10.0. The highest BCUT2D eigenvalue weighted by atomic mass is 32.1. The van der Waals surface area contributed by atoms with E-state index < -0.39 is 5.41 Å². The summed E-state index contributed by atoms with van der Waals surface area (Å²) < 4.78 is 6.61. The number of hydrogen-bond donors (Lipinski definition) is 2. The minimum absolute atomic E-state index is 0.0179. The third-order valence-corrected chi connectivity index (χ3v) is 11.8. The number of likely N-dealkylation sites (N-methyl/N-ethyl adjacent to an activating group) is 2. The molecule has 1 spiro atoms. The highest BCUT2D eigenvalue weighted by molar-refractivity contribution is 7.16. The number of oxime groups is 1. The Hall–Kier alpha value is -3.07. The van der Waals surface area contributed by atoms with Gasteiger partial charge in [0.15, 0.2) is 5.84 Å². The summed E-state index contributed by atoms with van der Waals surface area (Å²) in [4.78, 5) is 19.5. The van der Waals surface area contributed by atoms with Gasteiger partial charge in [0, 0.05) is 54.9 Å². The van der Waals surface area contributed by atoms with E-state index in [9.17, 15) is 5.26 Å². The lowest BCUT2D eigenvalue weighted by Gasteiger charge is -2.50. The van der Waals surface area contributed by atoms with Crippen molar-refractivity contribution in [1.29, 1.82) is 5.26 Å². The molecule has 3 N–H and O–H groups in total. The number of rotatable bonds is 6. The number of amidine groups is 1. The molecule has 3 aliphatic heterocycles. The highest BCUT2D eigenvalue weighted by Gasteiger charge is 2.50. The van der Waals surface area contributed by atoms with Gasteiger partial charge in [-0.1, -0.05) is 5.16 Å². The van der Waals surface area contributed by atoms with Crippen molar-refractivity contribution in [3.8, 4) is 11.9 Å². The molecule has 230 valence electrons. The second-order valence-electron chi connectivity index (χ2n) is 13.6. The normalized spacial score (nSPS) is 29.0. The number of nitrogens with zero attached hydrogens (tertiary/aromatic N) is 6. The van der Waals surface area contributed by atoms with Crippen LogP contribution in [0.25, 0.3) is 0 Å². The Morgan fingerprint density at radius 3 is 2.77 bits per heavy atom. The number of hydrogen-bond acceptors (Lipinski definition) is 11. The van der Waals surface area contributed by atoms with E-state index in [2.05, 4.69) is 64.3 Å². The van der Waals surface area contributed by atoms with Crippen LogP contribution in [0.3, 0.4) is 0 Å². The molecule has 10 nitrogen and oxygen atoms in total. The summed E-state index contributed by atoms with van der Waals surface area (Å²) in [7, 11) is 4.21. The maximum atomic E-state index is 10.0. The Morgan fingerprint density at radius 2 is 2.05 bits per heavy atom. The molecular formula is C32H44N8O2S. The van der Waals surface area contributed by atoms with Crippen molar-refractivity contribution in [2.24, 2.45) is 5.16 Å². The van der Waals surface area contributed by atoms with E-state index in [1.54, 1.807) is 11.3 Å². The van der Waals surface area contributed by atoms with Crippen LogP contribution in [0.2, 0.25) is 0 Å². The zero-order valence-electron chi connectivity index (χ0n) is 25.9. The number of thiophene rings is 1. The SMILES string of the molecule is C[C@H](Oc1cc(N2CCNC3(CCC3)C2)cc(C2=NOC([C@@]3(C)CCCc4sc(N)c(C#N)c43)N2C)n1)[C@@H]1CCCN1C. The minimum atomic E-state index is -0.430. The van der Waals surface area contributed by atoms with Crippen LogP contribution in [-0.4, -0.2) is 84.8 Å². The first-order chi connectivity index (χ1) is 20.7. The van der Waals surface area contributed by atoms with E-state index in [-0.39, 0.29) is 17.9 Å². The fraction of sp³-hybridized carbons (Fsp3) is 0.656. The molecule has 2 saturated heterocycles. The zero-order chi connectivity index (χ0) is 29.9. The van der Waals surface area contributed by atoms with Gasteiger partial charge in [0.05, 0.1) is 11.0 Å². The van der Waals surface area contributed by atoms with Gasteiger partial charge in [0.1, 0.15) is 22.9 Å². The van der Waals surface area contributed by atoms with Crippen molar-refractivity contribution in [3.05, 3.63) is 33.8 Å². The molecule has 0 radical (unpaired) electrons. The van der Waals surface area contributed by atoms with Gasteiger partial charge in [-0.25, -0.2) is 4.98 Å². The molecule has 0 aromatic carbocycles. The first-order valence-corrected chi connectivity index (χ1v) is 16.7. The molecule has 3 fully saturated rings. The number of aryl methyl sites for hydroxylation is 1. The van der Waals surface area contributed by atoms with Crippen LogP contribution >= 0.6 is 11.3 Å². The van der Waals surface area contributed by atoms with Gasteiger partial charge in [-0.3, -0.25) is 4.90 Å². The van der Waals surface area contributed by atoms with E-state index in [1.807, 2.05) is 7.05 Å². The molecule has 43 heavy (non-hydrogen) atoms.